The van der Waals surface area contributed by atoms with Gasteiger partial charge in [-0.1, -0.05) is 18.2 Å². The quantitative estimate of drug-likeness (QED) is 0.859. The number of carbonyl (C=O) groups excluding carboxylic acids is 1. The molecule has 3 heteroatoms. The summed E-state index contributed by atoms with van der Waals surface area (Å²) in [6.07, 6.45) is 3.18. The lowest BCUT2D eigenvalue weighted by Gasteiger charge is -2.21. The number of Topliss-reactive ketones (excluding diaryl/α,β-unsaturated/α-hetero) is 1. The lowest BCUT2D eigenvalue weighted by Crippen LogP contribution is -2.24. The highest BCUT2D eigenvalue weighted by atomic mass is 16.5. The highest BCUT2D eigenvalue weighted by Crippen LogP contribution is 2.24. The van der Waals surface area contributed by atoms with E-state index in [4.69, 9.17) is 4.74 Å². The van der Waals surface area contributed by atoms with Gasteiger partial charge in [0.1, 0.15) is 11.9 Å². The second-order valence-electron chi connectivity index (χ2n) is 4.58. The molecule has 1 heterocycles. The molecule has 1 aliphatic rings. The summed E-state index contributed by atoms with van der Waals surface area (Å²) in [7, 11) is 0. The SMILES string of the molecule is O=C1CCC(Oc2cc3ccccc3[nH]2)CC1. The highest BCUT2D eigenvalue weighted by Gasteiger charge is 2.20. The van der Waals surface area contributed by atoms with Gasteiger partial charge in [0.05, 0.1) is 0 Å². The largest absolute Gasteiger partial charge is 0.476 e. The highest BCUT2D eigenvalue weighted by molar-refractivity contribution is 5.81. The Morgan fingerprint density at radius 1 is 1.18 bits per heavy atom. The predicted molar refractivity (Wildman–Crippen MR) is 66.2 cm³/mol. The van der Waals surface area contributed by atoms with Gasteiger partial charge in [-0.05, 0) is 18.9 Å². The minimum atomic E-state index is 0.181. The molecule has 1 aromatic heterocycles. The van der Waals surface area contributed by atoms with E-state index in [-0.39, 0.29) is 6.10 Å². The lowest BCUT2D eigenvalue weighted by molar-refractivity contribution is -0.121. The van der Waals surface area contributed by atoms with Crippen LogP contribution in [0.4, 0.5) is 0 Å². The molecule has 0 aliphatic heterocycles. The number of rotatable bonds is 2. The Hall–Kier alpha value is -1.77. The molecule has 0 saturated heterocycles. The minimum Gasteiger partial charge on any atom is -0.476 e. The predicted octanol–water partition coefficient (Wildman–Crippen LogP) is 3.06. The maximum absolute atomic E-state index is 11.1. The van der Waals surface area contributed by atoms with Gasteiger partial charge in [0, 0.05) is 29.8 Å². The second kappa shape index (κ2) is 4.24. The molecule has 1 aliphatic carbocycles. The van der Waals surface area contributed by atoms with Crippen molar-refractivity contribution in [3.63, 3.8) is 0 Å². The van der Waals surface area contributed by atoms with Crippen LogP contribution in [0.1, 0.15) is 25.7 Å². The molecule has 0 unspecified atom stereocenters. The summed E-state index contributed by atoms with van der Waals surface area (Å²) in [5.41, 5.74) is 1.09. The normalized spacial score (nSPS) is 17.5. The van der Waals surface area contributed by atoms with Gasteiger partial charge in [0.2, 0.25) is 0 Å². The molecule has 1 aromatic carbocycles. The third-order valence-electron chi connectivity index (χ3n) is 3.29. The van der Waals surface area contributed by atoms with Crippen molar-refractivity contribution in [1.29, 1.82) is 0 Å². The number of H-pyrrole nitrogens is 1. The molecule has 0 atom stereocenters. The van der Waals surface area contributed by atoms with E-state index in [1.807, 2.05) is 24.3 Å². The Balaban J connectivity index is 1.74. The molecule has 17 heavy (non-hydrogen) atoms. The number of carbonyl (C=O) groups is 1. The lowest BCUT2D eigenvalue weighted by atomic mass is 9.97. The van der Waals surface area contributed by atoms with Gasteiger partial charge >= 0.3 is 0 Å². The molecular weight excluding hydrogens is 214 g/mol. The van der Waals surface area contributed by atoms with E-state index in [1.54, 1.807) is 0 Å². The summed E-state index contributed by atoms with van der Waals surface area (Å²) < 4.78 is 5.88. The first-order valence-electron chi connectivity index (χ1n) is 6.07. The van der Waals surface area contributed by atoms with Crippen molar-refractivity contribution in [3.8, 4) is 5.88 Å². The van der Waals surface area contributed by atoms with Gasteiger partial charge in [-0.25, -0.2) is 0 Å². The van der Waals surface area contributed by atoms with Gasteiger partial charge in [-0.3, -0.25) is 4.79 Å². The van der Waals surface area contributed by atoms with Crippen molar-refractivity contribution in [1.82, 2.24) is 4.98 Å². The molecular formula is C14H15NO2. The smallest absolute Gasteiger partial charge is 0.192 e. The van der Waals surface area contributed by atoms with E-state index in [1.165, 1.54) is 0 Å². The zero-order chi connectivity index (χ0) is 11.7. The van der Waals surface area contributed by atoms with Crippen molar-refractivity contribution in [2.45, 2.75) is 31.8 Å². The van der Waals surface area contributed by atoms with Gasteiger partial charge in [0.25, 0.3) is 0 Å². The van der Waals surface area contributed by atoms with Crippen LogP contribution in [0.2, 0.25) is 0 Å². The monoisotopic (exact) mass is 229 g/mol. The van der Waals surface area contributed by atoms with Crippen LogP contribution in [-0.4, -0.2) is 16.9 Å². The maximum Gasteiger partial charge on any atom is 0.192 e. The summed E-state index contributed by atoms with van der Waals surface area (Å²) in [6.45, 7) is 0. The third-order valence-corrected chi connectivity index (χ3v) is 3.29. The number of ether oxygens (including phenoxy) is 1. The van der Waals surface area contributed by atoms with Gasteiger partial charge in [-0.15, -0.1) is 0 Å². The van der Waals surface area contributed by atoms with Gasteiger partial charge in [-0.2, -0.15) is 0 Å². The first-order valence-corrected chi connectivity index (χ1v) is 6.07. The topological polar surface area (TPSA) is 42.1 Å². The van der Waals surface area contributed by atoms with E-state index in [0.717, 1.165) is 29.6 Å². The van der Waals surface area contributed by atoms with Gasteiger partial charge < -0.3 is 9.72 Å². The molecule has 1 fully saturated rings. The summed E-state index contributed by atoms with van der Waals surface area (Å²) in [6, 6.07) is 10.1. The number of para-hydroxylation sites is 1. The Morgan fingerprint density at radius 3 is 2.71 bits per heavy atom. The van der Waals surface area contributed by atoms with Crippen molar-refractivity contribution in [2.24, 2.45) is 0 Å². The average Bonchev–Trinajstić information content (AvgIpc) is 2.74. The van der Waals surface area contributed by atoms with E-state index in [2.05, 4.69) is 11.1 Å². The molecule has 0 bridgehead atoms. The fourth-order valence-electron chi connectivity index (χ4n) is 2.32. The number of hydrogen-bond acceptors (Lipinski definition) is 2. The number of ketones is 1. The molecule has 1 saturated carbocycles. The number of fused-ring (bicyclic) bond motifs is 1. The van der Waals surface area contributed by atoms with E-state index in [9.17, 15) is 4.79 Å². The summed E-state index contributed by atoms with van der Waals surface area (Å²) in [4.78, 5) is 14.4. The van der Waals surface area contributed by atoms with Crippen molar-refractivity contribution in [2.75, 3.05) is 0 Å². The maximum atomic E-state index is 11.1. The third kappa shape index (κ3) is 2.18. The van der Waals surface area contributed by atoms with E-state index in [0.29, 0.717) is 18.6 Å². The number of aromatic nitrogens is 1. The van der Waals surface area contributed by atoms with Crippen molar-refractivity contribution < 1.29 is 9.53 Å². The molecule has 3 nitrogen and oxygen atoms in total. The van der Waals surface area contributed by atoms with E-state index < -0.39 is 0 Å². The molecule has 3 rings (SSSR count). The number of hydrogen-bond donors (Lipinski definition) is 1. The Kier molecular flexibility index (Phi) is 2.59. The van der Waals surface area contributed by atoms with E-state index >= 15 is 0 Å². The van der Waals surface area contributed by atoms with Crippen LogP contribution in [-0.2, 0) is 4.79 Å². The Morgan fingerprint density at radius 2 is 1.94 bits per heavy atom. The van der Waals surface area contributed by atoms with Crippen LogP contribution in [0.25, 0.3) is 10.9 Å². The van der Waals surface area contributed by atoms with Crippen LogP contribution in [0.15, 0.2) is 30.3 Å². The fraction of sp³-hybridized carbons (Fsp3) is 0.357. The zero-order valence-electron chi connectivity index (χ0n) is 9.61. The number of benzene rings is 1. The molecule has 88 valence electrons. The summed E-state index contributed by atoms with van der Waals surface area (Å²) >= 11 is 0. The second-order valence-corrected chi connectivity index (χ2v) is 4.58. The molecule has 0 spiro atoms. The minimum absolute atomic E-state index is 0.181. The summed E-state index contributed by atoms with van der Waals surface area (Å²) in [5.74, 6) is 1.17. The first kappa shape index (κ1) is 10.4. The number of nitrogens with one attached hydrogen (secondary N) is 1. The first-order chi connectivity index (χ1) is 8.31. The Labute approximate surface area is 99.8 Å². The van der Waals surface area contributed by atoms with Crippen LogP contribution >= 0.6 is 0 Å². The van der Waals surface area contributed by atoms with Gasteiger partial charge in [0.15, 0.2) is 5.88 Å². The Bertz CT molecular complexity index is 501. The molecule has 0 amide bonds. The van der Waals surface area contributed by atoms with Crippen LogP contribution in [0.3, 0.4) is 0 Å². The standard InChI is InChI=1S/C14H15NO2/c16-11-5-7-12(8-6-11)17-14-9-10-3-1-2-4-13(10)15-14/h1-4,9,12,15H,5-8H2. The van der Waals surface area contributed by atoms with Crippen LogP contribution in [0, 0.1) is 0 Å². The average molecular weight is 229 g/mol. The number of aromatic amines is 1. The van der Waals surface area contributed by atoms with Crippen LogP contribution < -0.4 is 4.74 Å². The van der Waals surface area contributed by atoms with Crippen LogP contribution in [0.5, 0.6) is 5.88 Å². The van der Waals surface area contributed by atoms with Crippen molar-refractivity contribution in [3.05, 3.63) is 30.3 Å². The molecule has 1 N–H and O–H groups in total. The molecule has 0 radical (unpaired) electrons. The fourth-order valence-corrected chi connectivity index (χ4v) is 2.32. The molecule has 2 aromatic rings. The zero-order valence-corrected chi connectivity index (χ0v) is 9.61. The summed E-state index contributed by atoms with van der Waals surface area (Å²) in [5, 5.41) is 1.16. The van der Waals surface area contributed by atoms with Crippen molar-refractivity contribution >= 4 is 16.7 Å².